The largest absolute Gasteiger partial charge is 0.376 e. The van der Waals surface area contributed by atoms with Gasteiger partial charge in [0.1, 0.15) is 6.04 Å². The first-order chi connectivity index (χ1) is 16.4. The molecule has 2 N–H and O–H groups in total. The molecule has 2 aromatic rings. The van der Waals surface area contributed by atoms with Gasteiger partial charge < -0.3 is 15.0 Å². The Balaban J connectivity index is 1.75. The van der Waals surface area contributed by atoms with Gasteiger partial charge in [0.25, 0.3) is 0 Å². The van der Waals surface area contributed by atoms with Crippen molar-refractivity contribution in [3.8, 4) is 0 Å². The third-order valence-corrected chi connectivity index (χ3v) is 7.17. The average molecular weight is 488 g/mol. The van der Waals surface area contributed by atoms with Crippen molar-refractivity contribution in [3.05, 3.63) is 66.2 Å². The van der Waals surface area contributed by atoms with Crippen LogP contribution < -0.4 is 10.0 Å². The number of ether oxygens (including phenoxy) is 1. The van der Waals surface area contributed by atoms with Crippen molar-refractivity contribution in [1.29, 1.82) is 0 Å². The molecule has 9 heteroatoms. The van der Waals surface area contributed by atoms with Gasteiger partial charge in [0, 0.05) is 19.7 Å². The summed E-state index contributed by atoms with van der Waals surface area (Å²) in [5.74, 6) is -0.721. The molecule has 1 aliphatic rings. The molecule has 1 aliphatic heterocycles. The van der Waals surface area contributed by atoms with Crippen LogP contribution >= 0.6 is 0 Å². The summed E-state index contributed by atoms with van der Waals surface area (Å²) in [7, 11) is -3.86. The summed E-state index contributed by atoms with van der Waals surface area (Å²) in [6.07, 6.45) is 3.00. The van der Waals surface area contributed by atoms with Crippen LogP contribution in [0.1, 0.15) is 38.2 Å². The minimum Gasteiger partial charge on any atom is -0.376 e. The van der Waals surface area contributed by atoms with Crippen LogP contribution in [0.2, 0.25) is 0 Å². The van der Waals surface area contributed by atoms with Gasteiger partial charge in [0.05, 0.1) is 17.5 Å². The lowest BCUT2D eigenvalue weighted by molar-refractivity contribution is -0.140. The third-order valence-electron chi connectivity index (χ3n) is 5.75. The van der Waals surface area contributed by atoms with Crippen LogP contribution in [0.15, 0.2) is 65.6 Å². The maximum Gasteiger partial charge on any atom is 0.242 e. The number of nitrogens with zero attached hydrogens (tertiary/aromatic N) is 1. The Morgan fingerprint density at radius 2 is 1.76 bits per heavy atom. The Bertz CT molecular complexity index is 1030. The van der Waals surface area contributed by atoms with Crippen LogP contribution in [-0.4, -0.2) is 57.0 Å². The molecule has 2 atom stereocenters. The van der Waals surface area contributed by atoms with Crippen molar-refractivity contribution in [2.75, 3.05) is 19.7 Å². The fraction of sp³-hybridized carbons (Fsp3) is 0.440. The lowest BCUT2D eigenvalue weighted by Gasteiger charge is -2.31. The number of benzene rings is 2. The van der Waals surface area contributed by atoms with Crippen LogP contribution in [0.3, 0.4) is 0 Å². The molecular weight excluding hydrogens is 454 g/mol. The van der Waals surface area contributed by atoms with Crippen LogP contribution in [0.5, 0.6) is 0 Å². The van der Waals surface area contributed by atoms with Gasteiger partial charge in [-0.15, -0.1) is 0 Å². The summed E-state index contributed by atoms with van der Waals surface area (Å²) in [6.45, 7) is 2.80. The van der Waals surface area contributed by atoms with Gasteiger partial charge in [-0.25, -0.2) is 13.1 Å². The van der Waals surface area contributed by atoms with E-state index in [1.54, 1.807) is 18.2 Å². The Labute approximate surface area is 201 Å². The van der Waals surface area contributed by atoms with Crippen LogP contribution in [0.4, 0.5) is 0 Å². The van der Waals surface area contributed by atoms with Crippen molar-refractivity contribution in [3.63, 3.8) is 0 Å². The molecule has 1 saturated heterocycles. The fourth-order valence-corrected chi connectivity index (χ4v) is 4.93. The number of nitrogens with one attached hydrogen (secondary N) is 2. The van der Waals surface area contributed by atoms with Gasteiger partial charge in [0.15, 0.2) is 0 Å². The molecular formula is C25H33N3O5S. The number of rotatable bonds is 12. The van der Waals surface area contributed by atoms with Crippen molar-refractivity contribution < 1.29 is 22.7 Å². The second-order valence-electron chi connectivity index (χ2n) is 8.33. The highest BCUT2D eigenvalue weighted by Gasteiger charge is 2.30. The molecule has 0 aliphatic carbocycles. The van der Waals surface area contributed by atoms with E-state index in [2.05, 4.69) is 10.0 Å². The van der Waals surface area contributed by atoms with E-state index in [4.69, 9.17) is 4.74 Å². The molecule has 8 nitrogen and oxygen atoms in total. The zero-order chi connectivity index (χ0) is 24.4. The number of amides is 2. The first-order valence-corrected chi connectivity index (χ1v) is 13.2. The second kappa shape index (κ2) is 12.6. The van der Waals surface area contributed by atoms with Crippen LogP contribution in [-0.2, 0) is 30.9 Å². The molecule has 1 fully saturated rings. The topological polar surface area (TPSA) is 105 Å². The smallest absolute Gasteiger partial charge is 0.242 e. The van der Waals surface area contributed by atoms with E-state index in [9.17, 15) is 18.0 Å². The standard InChI is InChI=1S/C25H33N3O5S/c1-2-10-23(25(30)26-17-21-13-9-16-33-21)28(19-20-11-5-3-6-12-20)24(29)18-27-34(31,32)22-14-7-4-8-15-22/h3-8,11-12,14-15,21,23,27H,2,9-10,13,16-19H2,1H3,(H,26,30)/t21-,23-/m1/s1. The van der Waals surface area contributed by atoms with Gasteiger partial charge in [-0.1, -0.05) is 61.9 Å². The summed E-state index contributed by atoms with van der Waals surface area (Å²) in [5.41, 5.74) is 0.856. The van der Waals surface area contributed by atoms with Crippen molar-refractivity contribution in [2.24, 2.45) is 0 Å². The Hall–Kier alpha value is -2.75. The Morgan fingerprint density at radius 1 is 1.09 bits per heavy atom. The maximum atomic E-state index is 13.3. The summed E-state index contributed by atoms with van der Waals surface area (Å²) < 4.78 is 33.2. The van der Waals surface area contributed by atoms with Gasteiger partial charge >= 0.3 is 0 Å². The highest BCUT2D eigenvalue weighted by molar-refractivity contribution is 7.89. The number of sulfonamides is 1. The predicted octanol–water partition coefficient (Wildman–Crippen LogP) is 2.46. The monoisotopic (exact) mass is 487 g/mol. The molecule has 34 heavy (non-hydrogen) atoms. The molecule has 2 amide bonds. The Morgan fingerprint density at radius 3 is 2.38 bits per heavy atom. The number of hydrogen-bond acceptors (Lipinski definition) is 5. The third kappa shape index (κ3) is 7.38. The lowest BCUT2D eigenvalue weighted by atomic mass is 10.1. The van der Waals surface area contributed by atoms with Gasteiger partial charge in [-0.05, 0) is 37.0 Å². The lowest BCUT2D eigenvalue weighted by Crippen LogP contribution is -2.52. The van der Waals surface area contributed by atoms with E-state index in [1.807, 2.05) is 37.3 Å². The maximum absolute atomic E-state index is 13.3. The molecule has 0 saturated carbocycles. The fourth-order valence-electron chi connectivity index (χ4n) is 3.93. The quantitative estimate of drug-likeness (QED) is 0.479. The minimum absolute atomic E-state index is 0.0119. The molecule has 0 spiro atoms. The van der Waals surface area contributed by atoms with E-state index < -0.39 is 28.5 Å². The van der Waals surface area contributed by atoms with Gasteiger partial charge in [0.2, 0.25) is 21.8 Å². The second-order valence-corrected chi connectivity index (χ2v) is 10.1. The SMILES string of the molecule is CCC[C@H](C(=O)NC[C@H]1CCCO1)N(Cc1ccccc1)C(=O)CNS(=O)(=O)c1ccccc1. The molecule has 2 aromatic carbocycles. The van der Waals surface area contributed by atoms with E-state index in [-0.39, 0.29) is 23.5 Å². The summed E-state index contributed by atoms with van der Waals surface area (Å²) >= 11 is 0. The average Bonchev–Trinajstić information content (AvgIpc) is 3.38. The highest BCUT2D eigenvalue weighted by Crippen LogP contribution is 2.16. The molecule has 1 heterocycles. The highest BCUT2D eigenvalue weighted by atomic mass is 32.2. The predicted molar refractivity (Wildman–Crippen MR) is 129 cm³/mol. The molecule has 3 rings (SSSR count). The summed E-state index contributed by atoms with van der Waals surface area (Å²) in [5, 5.41) is 2.93. The van der Waals surface area contributed by atoms with Crippen LogP contribution in [0.25, 0.3) is 0 Å². The van der Waals surface area contributed by atoms with E-state index >= 15 is 0 Å². The summed E-state index contributed by atoms with van der Waals surface area (Å²) in [4.78, 5) is 28.0. The van der Waals surface area contributed by atoms with Crippen molar-refractivity contribution in [1.82, 2.24) is 14.9 Å². The number of carbonyl (C=O) groups excluding carboxylic acids is 2. The van der Waals surface area contributed by atoms with Crippen molar-refractivity contribution in [2.45, 2.75) is 56.2 Å². The molecule has 0 aromatic heterocycles. The zero-order valence-electron chi connectivity index (χ0n) is 19.5. The van der Waals surface area contributed by atoms with E-state index in [1.165, 1.54) is 17.0 Å². The molecule has 0 unspecified atom stereocenters. The van der Waals surface area contributed by atoms with E-state index in [0.717, 1.165) is 18.4 Å². The number of hydrogen-bond donors (Lipinski definition) is 2. The van der Waals surface area contributed by atoms with Gasteiger partial charge in [-0.2, -0.15) is 0 Å². The molecule has 184 valence electrons. The van der Waals surface area contributed by atoms with E-state index in [0.29, 0.717) is 26.0 Å². The Kier molecular flexibility index (Phi) is 9.62. The van der Waals surface area contributed by atoms with Crippen molar-refractivity contribution >= 4 is 21.8 Å². The first-order valence-electron chi connectivity index (χ1n) is 11.7. The van der Waals surface area contributed by atoms with Gasteiger partial charge in [-0.3, -0.25) is 9.59 Å². The zero-order valence-corrected chi connectivity index (χ0v) is 20.3. The minimum atomic E-state index is -3.86. The molecule has 0 bridgehead atoms. The number of carbonyl (C=O) groups is 2. The normalized spacial score (nSPS) is 16.7. The summed E-state index contributed by atoms with van der Waals surface area (Å²) in [6, 6.07) is 16.5. The van der Waals surface area contributed by atoms with Crippen LogP contribution in [0, 0.1) is 0 Å². The molecule has 0 radical (unpaired) electrons. The first kappa shape index (κ1) is 25.9.